The fraction of sp³-hybridized carbons (Fsp3) is 0.450. The molecule has 0 saturated carbocycles. The second kappa shape index (κ2) is 7.91. The maximum Gasteiger partial charge on any atom is 0.315 e. The molecule has 26 heavy (non-hydrogen) atoms. The number of ether oxygens (including phenoxy) is 2. The van der Waals surface area contributed by atoms with Gasteiger partial charge in [-0.1, -0.05) is 12.1 Å². The van der Waals surface area contributed by atoms with E-state index in [2.05, 4.69) is 4.99 Å². The third-order valence-electron chi connectivity index (χ3n) is 4.83. The molecule has 0 spiro atoms. The number of allylic oxidation sites excluding steroid dienone is 2. The standard InChI is InChI=1S/C20H22FNO4/c1-12-17(20(24)26-10-9-25-2)18(13-5-3-6-14(21)11-13)19-15(22-12)7-4-8-16(19)23/h3,5-6,11,17-18H,4,7-10H2,1-2H3/t17?,18-/m1/s1. The van der Waals surface area contributed by atoms with Crippen LogP contribution in [0.2, 0.25) is 0 Å². The molecule has 1 unspecified atom stereocenters. The number of benzene rings is 1. The molecule has 2 atom stereocenters. The van der Waals surface area contributed by atoms with Crippen molar-refractivity contribution >= 4 is 17.5 Å². The molecule has 1 aliphatic carbocycles. The Labute approximate surface area is 151 Å². The van der Waals surface area contributed by atoms with Gasteiger partial charge in [-0.2, -0.15) is 0 Å². The first kappa shape index (κ1) is 18.5. The molecule has 2 aliphatic rings. The molecule has 6 heteroatoms. The van der Waals surface area contributed by atoms with Crippen LogP contribution in [0.25, 0.3) is 0 Å². The number of ketones is 1. The minimum Gasteiger partial charge on any atom is -0.463 e. The van der Waals surface area contributed by atoms with Crippen LogP contribution in [-0.4, -0.2) is 37.8 Å². The molecule has 1 aromatic carbocycles. The Kier molecular flexibility index (Phi) is 5.61. The molecule has 0 N–H and O–H groups in total. The third-order valence-corrected chi connectivity index (χ3v) is 4.83. The number of carbonyl (C=O) groups excluding carboxylic acids is 2. The van der Waals surface area contributed by atoms with Crippen LogP contribution in [0.1, 0.15) is 37.7 Å². The van der Waals surface area contributed by atoms with E-state index in [4.69, 9.17) is 9.47 Å². The van der Waals surface area contributed by atoms with Crippen molar-refractivity contribution in [3.05, 3.63) is 46.9 Å². The average molecular weight is 359 g/mol. The Morgan fingerprint density at radius 1 is 1.31 bits per heavy atom. The van der Waals surface area contributed by atoms with Gasteiger partial charge in [0.05, 0.1) is 6.61 Å². The van der Waals surface area contributed by atoms with E-state index < -0.39 is 23.6 Å². The highest BCUT2D eigenvalue weighted by atomic mass is 19.1. The van der Waals surface area contributed by atoms with Crippen molar-refractivity contribution in [2.75, 3.05) is 20.3 Å². The topological polar surface area (TPSA) is 65.0 Å². The number of nitrogens with zero attached hydrogens (tertiary/aromatic N) is 1. The largest absolute Gasteiger partial charge is 0.463 e. The highest BCUT2D eigenvalue weighted by Gasteiger charge is 2.43. The van der Waals surface area contributed by atoms with Gasteiger partial charge in [0.25, 0.3) is 0 Å². The number of carbonyl (C=O) groups is 2. The molecule has 0 bridgehead atoms. The van der Waals surface area contributed by atoms with E-state index in [1.807, 2.05) is 0 Å². The summed E-state index contributed by atoms with van der Waals surface area (Å²) in [4.78, 5) is 29.9. The van der Waals surface area contributed by atoms with Gasteiger partial charge in [0.2, 0.25) is 0 Å². The Morgan fingerprint density at radius 3 is 2.85 bits per heavy atom. The summed E-state index contributed by atoms with van der Waals surface area (Å²) >= 11 is 0. The molecule has 0 amide bonds. The van der Waals surface area contributed by atoms with Crippen molar-refractivity contribution < 1.29 is 23.5 Å². The van der Waals surface area contributed by atoms with Gasteiger partial charge in [-0.3, -0.25) is 14.6 Å². The number of Topliss-reactive ketones (excluding diaryl/α,β-unsaturated/α-hetero) is 1. The summed E-state index contributed by atoms with van der Waals surface area (Å²) < 4.78 is 24.1. The van der Waals surface area contributed by atoms with Crippen molar-refractivity contribution in [2.45, 2.75) is 32.1 Å². The fourth-order valence-corrected chi connectivity index (χ4v) is 3.69. The number of esters is 1. The SMILES string of the molecule is COCCOC(=O)C1C(C)=NC2=C(C(=O)CCC2)[C@@H]1c1cccc(F)c1. The van der Waals surface area contributed by atoms with Gasteiger partial charge in [-0.15, -0.1) is 0 Å². The van der Waals surface area contributed by atoms with E-state index in [9.17, 15) is 14.0 Å². The first-order valence-corrected chi connectivity index (χ1v) is 8.75. The zero-order valence-corrected chi connectivity index (χ0v) is 15.0. The molecule has 0 radical (unpaired) electrons. The Morgan fingerprint density at radius 2 is 2.12 bits per heavy atom. The van der Waals surface area contributed by atoms with Crippen LogP contribution in [0.3, 0.4) is 0 Å². The van der Waals surface area contributed by atoms with E-state index in [1.165, 1.54) is 19.2 Å². The maximum absolute atomic E-state index is 13.9. The van der Waals surface area contributed by atoms with Crippen molar-refractivity contribution in [3.63, 3.8) is 0 Å². The molecular formula is C20H22FNO4. The predicted octanol–water partition coefficient (Wildman–Crippen LogP) is 3.20. The van der Waals surface area contributed by atoms with Gasteiger partial charge in [0.15, 0.2) is 5.78 Å². The average Bonchev–Trinajstić information content (AvgIpc) is 2.61. The lowest BCUT2D eigenvalue weighted by Crippen LogP contribution is -2.37. The maximum atomic E-state index is 13.9. The van der Waals surface area contributed by atoms with Crippen LogP contribution in [0.15, 0.2) is 40.5 Å². The molecule has 5 nitrogen and oxygen atoms in total. The number of hydrogen-bond donors (Lipinski definition) is 0. The minimum atomic E-state index is -0.741. The van der Waals surface area contributed by atoms with Crippen LogP contribution in [-0.2, 0) is 19.1 Å². The minimum absolute atomic E-state index is 0.0218. The number of hydrogen-bond acceptors (Lipinski definition) is 5. The molecular weight excluding hydrogens is 337 g/mol. The molecule has 3 rings (SSSR count). The highest BCUT2D eigenvalue weighted by Crippen LogP contribution is 2.43. The number of aliphatic imine (C=N–C) groups is 1. The summed E-state index contributed by atoms with van der Waals surface area (Å²) in [6, 6.07) is 6.06. The third kappa shape index (κ3) is 3.60. The predicted molar refractivity (Wildman–Crippen MR) is 94.5 cm³/mol. The van der Waals surface area contributed by atoms with Crippen molar-refractivity contribution in [2.24, 2.45) is 10.9 Å². The second-order valence-corrected chi connectivity index (χ2v) is 6.56. The molecule has 1 aromatic rings. The quantitative estimate of drug-likeness (QED) is 0.598. The number of rotatable bonds is 5. The van der Waals surface area contributed by atoms with Crippen LogP contribution >= 0.6 is 0 Å². The van der Waals surface area contributed by atoms with Crippen molar-refractivity contribution in [1.29, 1.82) is 0 Å². The molecule has 0 fully saturated rings. The summed E-state index contributed by atoms with van der Waals surface area (Å²) in [7, 11) is 1.52. The number of halogens is 1. The Bertz CT molecular complexity index is 784. The smallest absolute Gasteiger partial charge is 0.315 e. The lowest BCUT2D eigenvalue weighted by Gasteiger charge is -2.34. The fourth-order valence-electron chi connectivity index (χ4n) is 3.69. The van der Waals surface area contributed by atoms with Gasteiger partial charge in [-0.25, -0.2) is 4.39 Å². The summed E-state index contributed by atoms with van der Waals surface area (Å²) in [6.45, 7) is 2.17. The molecule has 1 heterocycles. The van der Waals surface area contributed by atoms with Crippen molar-refractivity contribution in [3.8, 4) is 0 Å². The number of methoxy groups -OCH3 is 1. The van der Waals surface area contributed by atoms with E-state index in [0.717, 1.165) is 6.42 Å². The first-order valence-electron chi connectivity index (χ1n) is 8.75. The normalized spacial score (nSPS) is 22.7. The zero-order chi connectivity index (χ0) is 18.7. The van der Waals surface area contributed by atoms with Gasteiger partial charge >= 0.3 is 5.97 Å². The van der Waals surface area contributed by atoms with Crippen LogP contribution < -0.4 is 0 Å². The lowest BCUT2D eigenvalue weighted by atomic mass is 9.72. The van der Waals surface area contributed by atoms with Gasteiger partial charge in [0.1, 0.15) is 18.3 Å². The van der Waals surface area contributed by atoms with E-state index in [-0.39, 0.29) is 19.0 Å². The van der Waals surface area contributed by atoms with Gasteiger partial charge < -0.3 is 9.47 Å². The molecule has 0 aromatic heterocycles. The highest BCUT2D eigenvalue weighted by molar-refractivity contribution is 6.08. The lowest BCUT2D eigenvalue weighted by molar-refractivity contribution is -0.147. The summed E-state index contributed by atoms with van der Waals surface area (Å²) in [5.74, 6) is -2.20. The van der Waals surface area contributed by atoms with E-state index in [1.54, 1.807) is 19.1 Å². The summed E-state index contributed by atoms with van der Waals surface area (Å²) in [6.07, 6.45) is 1.85. The second-order valence-electron chi connectivity index (χ2n) is 6.56. The van der Waals surface area contributed by atoms with E-state index in [0.29, 0.717) is 35.4 Å². The summed E-state index contributed by atoms with van der Waals surface area (Å²) in [5, 5.41) is 0. The Balaban J connectivity index is 2.04. The first-order chi connectivity index (χ1) is 12.5. The summed E-state index contributed by atoms with van der Waals surface area (Å²) in [5.41, 5.74) is 2.43. The molecule has 1 aliphatic heterocycles. The Hall–Kier alpha value is -2.34. The van der Waals surface area contributed by atoms with Gasteiger partial charge in [-0.05, 0) is 37.5 Å². The molecule has 0 saturated heterocycles. The monoisotopic (exact) mass is 359 g/mol. The zero-order valence-electron chi connectivity index (χ0n) is 15.0. The van der Waals surface area contributed by atoms with Crippen molar-refractivity contribution in [1.82, 2.24) is 0 Å². The van der Waals surface area contributed by atoms with E-state index >= 15 is 0 Å². The van der Waals surface area contributed by atoms with Gasteiger partial charge in [0, 0.05) is 36.4 Å². The van der Waals surface area contributed by atoms with Crippen LogP contribution in [0, 0.1) is 11.7 Å². The van der Waals surface area contributed by atoms with Crippen LogP contribution in [0.5, 0.6) is 0 Å². The molecule has 138 valence electrons. The van der Waals surface area contributed by atoms with Crippen LogP contribution in [0.4, 0.5) is 4.39 Å².